The van der Waals surface area contributed by atoms with Crippen molar-refractivity contribution in [3.05, 3.63) is 0 Å². The summed E-state index contributed by atoms with van der Waals surface area (Å²) in [6, 6.07) is 0.651. The third-order valence-electron chi connectivity index (χ3n) is 5.15. The summed E-state index contributed by atoms with van der Waals surface area (Å²) >= 11 is 0. The third-order valence-corrected chi connectivity index (χ3v) is 5.15. The minimum atomic E-state index is 0.349. The quantitative estimate of drug-likeness (QED) is 0.718. The van der Waals surface area contributed by atoms with E-state index in [1.165, 1.54) is 71.1 Å². The fraction of sp³-hybridized carbons (Fsp3) is 1.00. The van der Waals surface area contributed by atoms with Crippen LogP contribution in [0.3, 0.4) is 0 Å². The summed E-state index contributed by atoms with van der Waals surface area (Å²) in [5, 5.41) is 13.1. The Labute approximate surface area is 125 Å². The molecular weight excluding hydrogens is 248 g/mol. The Morgan fingerprint density at radius 2 is 1.95 bits per heavy atom. The van der Waals surface area contributed by atoms with Crippen molar-refractivity contribution < 1.29 is 5.11 Å². The molecule has 0 spiro atoms. The van der Waals surface area contributed by atoms with Gasteiger partial charge in [0.2, 0.25) is 0 Å². The molecule has 1 heterocycles. The second kappa shape index (κ2) is 9.01. The second-order valence-corrected chi connectivity index (χ2v) is 6.98. The van der Waals surface area contributed by atoms with Gasteiger partial charge in [0.25, 0.3) is 0 Å². The van der Waals surface area contributed by atoms with Crippen LogP contribution in [0.1, 0.15) is 58.3 Å². The van der Waals surface area contributed by atoms with Gasteiger partial charge in [-0.25, -0.2) is 0 Å². The lowest BCUT2D eigenvalue weighted by Crippen LogP contribution is -2.50. The third kappa shape index (κ3) is 5.34. The molecule has 118 valence electrons. The van der Waals surface area contributed by atoms with Crippen LogP contribution in [0.15, 0.2) is 0 Å². The van der Waals surface area contributed by atoms with Crippen LogP contribution in [-0.4, -0.2) is 48.8 Å². The Hall–Kier alpha value is -0.120. The van der Waals surface area contributed by atoms with E-state index in [2.05, 4.69) is 17.1 Å². The number of nitrogens with zero attached hydrogens (tertiary/aromatic N) is 1. The van der Waals surface area contributed by atoms with Gasteiger partial charge in [0, 0.05) is 25.7 Å². The average Bonchev–Trinajstić information content (AvgIpc) is 2.96. The number of aliphatic hydroxyl groups excluding tert-OH is 1. The topological polar surface area (TPSA) is 35.5 Å². The lowest BCUT2D eigenvalue weighted by atomic mass is 9.91. The number of hydrogen-bond donors (Lipinski definition) is 2. The van der Waals surface area contributed by atoms with E-state index in [1.54, 1.807) is 0 Å². The van der Waals surface area contributed by atoms with Crippen molar-refractivity contribution in [2.45, 2.75) is 64.3 Å². The highest BCUT2D eigenvalue weighted by Gasteiger charge is 2.27. The van der Waals surface area contributed by atoms with Gasteiger partial charge in [0.05, 0.1) is 0 Å². The molecule has 1 aliphatic heterocycles. The lowest BCUT2D eigenvalue weighted by Gasteiger charge is -2.38. The molecule has 0 aromatic rings. The Balaban J connectivity index is 1.76. The largest absolute Gasteiger partial charge is 0.396 e. The van der Waals surface area contributed by atoms with Crippen molar-refractivity contribution in [1.82, 2.24) is 10.2 Å². The van der Waals surface area contributed by atoms with E-state index in [0.29, 0.717) is 18.6 Å². The van der Waals surface area contributed by atoms with Crippen molar-refractivity contribution in [3.8, 4) is 0 Å². The first-order valence-electron chi connectivity index (χ1n) is 8.88. The average molecular weight is 282 g/mol. The molecule has 20 heavy (non-hydrogen) atoms. The number of piperidine rings is 1. The van der Waals surface area contributed by atoms with Gasteiger partial charge in [0.15, 0.2) is 0 Å². The number of nitrogens with one attached hydrogen (secondary N) is 1. The molecular formula is C17H34N2O. The van der Waals surface area contributed by atoms with Gasteiger partial charge >= 0.3 is 0 Å². The second-order valence-electron chi connectivity index (χ2n) is 6.98. The van der Waals surface area contributed by atoms with E-state index < -0.39 is 0 Å². The van der Waals surface area contributed by atoms with Gasteiger partial charge in [-0.05, 0) is 57.0 Å². The van der Waals surface area contributed by atoms with Crippen molar-refractivity contribution in [2.24, 2.45) is 11.8 Å². The van der Waals surface area contributed by atoms with Gasteiger partial charge in [0.1, 0.15) is 0 Å². The zero-order valence-corrected chi connectivity index (χ0v) is 13.3. The maximum Gasteiger partial charge on any atom is 0.0434 e. The molecule has 1 aliphatic carbocycles. The zero-order valence-electron chi connectivity index (χ0n) is 13.3. The molecule has 2 fully saturated rings. The summed E-state index contributed by atoms with van der Waals surface area (Å²) in [6.07, 6.45) is 10.6. The van der Waals surface area contributed by atoms with E-state index in [1.807, 2.05) is 0 Å². The van der Waals surface area contributed by atoms with Crippen LogP contribution in [0.5, 0.6) is 0 Å². The van der Waals surface area contributed by atoms with Gasteiger partial charge in [-0.3, -0.25) is 0 Å². The number of rotatable bonds is 8. The van der Waals surface area contributed by atoms with Gasteiger partial charge in [-0.2, -0.15) is 0 Å². The predicted octanol–water partition coefficient (Wildman–Crippen LogP) is 2.64. The molecule has 0 bridgehead atoms. The normalized spacial score (nSPS) is 29.1. The Kier molecular flexibility index (Phi) is 7.32. The lowest BCUT2D eigenvalue weighted by molar-refractivity contribution is 0.118. The van der Waals surface area contributed by atoms with Gasteiger partial charge in [-0.1, -0.05) is 26.2 Å². The summed E-state index contributed by atoms with van der Waals surface area (Å²) in [6.45, 7) is 7.49. The van der Waals surface area contributed by atoms with E-state index in [0.717, 1.165) is 12.3 Å². The zero-order chi connectivity index (χ0) is 14.2. The highest BCUT2D eigenvalue weighted by atomic mass is 16.3. The first kappa shape index (κ1) is 16.3. The van der Waals surface area contributed by atoms with Crippen LogP contribution in [0.4, 0.5) is 0 Å². The Bertz CT molecular complexity index is 253. The van der Waals surface area contributed by atoms with Crippen LogP contribution >= 0.6 is 0 Å². The molecule has 2 atom stereocenters. The standard InChI is InChI=1S/C17H34N2O/c1-2-3-9-19-13-16(8-10-20)11-17(14-19)18-12-15-6-4-5-7-15/h15-18,20H,2-14H2,1H3. The number of likely N-dealkylation sites (tertiary alicyclic amines) is 1. The summed E-state index contributed by atoms with van der Waals surface area (Å²) in [5.41, 5.74) is 0. The van der Waals surface area contributed by atoms with Crippen molar-refractivity contribution in [1.29, 1.82) is 0 Å². The van der Waals surface area contributed by atoms with Gasteiger partial charge < -0.3 is 15.3 Å². The van der Waals surface area contributed by atoms with Crippen LogP contribution in [-0.2, 0) is 0 Å². The van der Waals surface area contributed by atoms with Crippen molar-refractivity contribution in [2.75, 3.05) is 32.8 Å². The highest BCUT2D eigenvalue weighted by Crippen LogP contribution is 2.25. The summed E-state index contributed by atoms with van der Waals surface area (Å²) in [4.78, 5) is 2.62. The summed E-state index contributed by atoms with van der Waals surface area (Å²) in [5.74, 6) is 1.61. The van der Waals surface area contributed by atoms with E-state index >= 15 is 0 Å². The minimum Gasteiger partial charge on any atom is -0.396 e. The molecule has 2 rings (SSSR count). The molecule has 2 aliphatic rings. The first-order valence-corrected chi connectivity index (χ1v) is 8.88. The van der Waals surface area contributed by atoms with E-state index in [9.17, 15) is 5.11 Å². The molecule has 0 amide bonds. The molecule has 2 N–H and O–H groups in total. The molecule has 1 saturated carbocycles. The fourth-order valence-electron chi connectivity index (χ4n) is 3.95. The van der Waals surface area contributed by atoms with Crippen LogP contribution in [0.2, 0.25) is 0 Å². The van der Waals surface area contributed by atoms with Crippen molar-refractivity contribution in [3.63, 3.8) is 0 Å². The van der Waals surface area contributed by atoms with Gasteiger partial charge in [-0.15, -0.1) is 0 Å². The number of unbranched alkanes of at least 4 members (excludes halogenated alkanes) is 1. The van der Waals surface area contributed by atoms with Crippen LogP contribution in [0.25, 0.3) is 0 Å². The van der Waals surface area contributed by atoms with Crippen LogP contribution in [0, 0.1) is 11.8 Å². The first-order chi connectivity index (χ1) is 9.81. The van der Waals surface area contributed by atoms with E-state index in [-0.39, 0.29) is 0 Å². The highest BCUT2D eigenvalue weighted by molar-refractivity contribution is 4.84. The van der Waals surface area contributed by atoms with Crippen molar-refractivity contribution >= 4 is 0 Å². The molecule has 0 radical (unpaired) electrons. The summed E-state index contributed by atoms with van der Waals surface area (Å²) in [7, 11) is 0. The van der Waals surface area contributed by atoms with E-state index in [4.69, 9.17) is 0 Å². The maximum absolute atomic E-state index is 9.23. The fourth-order valence-corrected chi connectivity index (χ4v) is 3.95. The smallest absolute Gasteiger partial charge is 0.0434 e. The predicted molar refractivity (Wildman–Crippen MR) is 84.9 cm³/mol. The molecule has 3 nitrogen and oxygen atoms in total. The minimum absolute atomic E-state index is 0.349. The van der Waals surface area contributed by atoms with Crippen LogP contribution < -0.4 is 5.32 Å². The summed E-state index contributed by atoms with van der Waals surface area (Å²) < 4.78 is 0. The molecule has 2 unspecified atom stereocenters. The monoisotopic (exact) mass is 282 g/mol. The number of hydrogen-bond acceptors (Lipinski definition) is 3. The Morgan fingerprint density at radius 1 is 1.15 bits per heavy atom. The molecule has 1 saturated heterocycles. The number of aliphatic hydroxyl groups is 1. The molecule has 0 aromatic heterocycles. The SMILES string of the molecule is CCCCN1CC(CCO)CC(NCC2CCCC2)C1. The Morgan fingerprint density at radius 3 is 2.65 bits per heavy atom. The molecule has 0 aromatic carbocycles. The maximum atomic E-state index is 9.23. The molecule has 3 heteroatoms.